The lowest BCUT2D eigenvalue weighted by atomic mass is 10.1. The van der Waals surface area contributed by atoms with E-state index < -0.39 is 15.3 Å². The van der Waals surface area contributed by atoms with E-state index >= 15 is 0 Å². The van der Waals surface area contributed by atoms with Crippen molar-refractivity contribution >= 4 is 20.8 Å². The van der Waals surface area contributed by atoms with Gasteiger partial charge in [0.1, 0.15) is 0 Å². The minimum absolute atomic E-state index is 0.0520. The molecule has 0 aliphatic carbocycles. The van der Waals surface area contributed by atoms with Gasteiger partial charge in [-0.1, -0.05) is 36.4 Å². The van der Waals surface area contributed by atoms with Crippen LogP contribution in [0.15, 0.2) is 42.5 Å². The van der Waals surface area contributed by atoms with E-state index in [1.165, 1.54) is 5.39 Å². The lowest BCUT2D eigenvalue weighted by Crippen LogP contribution is -2.40. The molecule has 0 unspecified atom stereocenters. The SMILES string of the molecule is CC(C)N(Cc1ccc2ccccc2c1)S(=O)(=O)C(C)C. The van der Waals surface area contributed by atoms with E-state index in [2.05, 4.69) is 18.2 Å². The third kappa shape index (κ3) is 3.44. The highest BCUT2D eigenvalue weighted by molar-refractivity contribution is 7.89. The predicted molar refractivity (Wildman–Crippen MR) is 88.7 cm³/mol. The second kappa shape index (κ2) is 6.16. The second-order valence-electron chi connectivity index (χ2n) is 5.91. The predicted octanol–water partition coefficient (Wildman–Crippen LogP) is 3.79. The Kier molecular flexibility index (Phi) is 4.69. The Hall–Kier alpha value is -1.39. The van der Waals surface area contributed by atoms with Crippen LogP contribution in [0.1, 0.15) is 33.3 Å². The summed E-state index contributed by atoms with van der Waals surface area (Å²) in [7, 11) is -3.26. The van der Waals surface area contributed by atoms with Crippen LogP contribution in [0.25, 0.3) is 10.8 Å². The molecular formula is C17H23NO2S. The summed E-state index contributed by atoms with van der Waals surface area (Å²) in [4.78, 5) is 0. The van der Waals surface area contributed by atoms with Crippen molar-refractivity contribution in [2.45, 2.75) is 45.5 Å². The van der Waals surface area contributed by atoms with Crippen molar-refractivity contribution in [1.29, 1.82) is 0 Å². The normalized spacial score (nSPS) is 12.7. The van der Waals surface area contributed by atoms with Gasteiger partial charge in [0, 0.05) is 12.6 Å². The molecule has 0 atom stereocenters. The van der Waals surface area contributed by atoms with Gasteiger partial charge in [0.05, 0.1) is 5.25 Å². The van der Waals surface area contributed by atoms with Gasteiger partial charge in [-0.15, -0.1) is 0 Å². The van der Waals surface area contributed by atoms with Crippen molar-refractivity contribution in [1.82, 2.24) is 4.31 Å². The van der Waals surface area contributed by atoms with Crippen LogP contribution in [-0.2, 0) is 16.6 Å². The van der Waals surface area contributed by atoms with Gasteiger partial charge in [-0.3, -0.25) is 0 Å². The first kappa shape index (κ1) is 16.0. The van der Waals surface area contributed by atoms with Gasteiger partial charge in [-0.25, -0.2) is 8.42 Å². The van der Waals surface area contributed by atoms with Crippen LogP contribution in [0.2, 0.25) is 0 Å². The van der Waals surface area contributed by atoms with Crippen molar-refractivity contribution in [3.05, 3.63) is 48.0 Å². The first-order chi connectivity index (χ1) is 9.82. The molecule has 2 rings (SSSR count). The van der Waals surface area contributed by atoms with Gasteiger partial charge < -0.3 is 0 Å². The zero-order chi connectivity index (χ0) is 15.6. The molecule has 2 aromatic rings. The Labute approximate surface area is 127 Å². The first-order valence-corrected chi connectivity index (χ1v) is 8.81. The van der Waals surface area contributed by atoms with Gasteiger partial charge in [-0.05, 0) is 50.1 Å². The molecule has 0 aliphatic rings. The lowest BCUT2D eigenvalue weighted by Gasteiger charge is -2.28. The second-order valence-corrected chi connectivity index (χ2v) is 8.36. The fraction of sp³-hybridized carbons (Fsp3) is 0.412. The first-order valence-electron chi connectivity index (χ1n) is 7.30. The Morgan fingerprint density at radius 2 is 1.57 bits per heavy atom. The fourth-order valence-electron chi connectivity index (χ4n) is 2.35. The molecule has 0 N–H and O–H groups in total. The van der Waals surface area contributed by atoms with Gasteiger partial charge in [0.15, 0.2) is 0 Å². The van der Waals surface area contributed by atoms with Crippen LogP contribution >= 0.6 is 0 Å². The summed E-state index contributed by atoms with van der Waals surface area (Å²) >= 11 is 0. The number of hydrogen-bond donors (Lipinski definition) is 0. The van der Waals surface area contributed by atoms with Gasteiger partial charge >= 0.3 is 0 Å². The fourth-order valence-corrected chi connectivity index (χ4v) is 3.81. The summed E-state index contributed by atoms with van der Waals surface area (Å²) in [6.07, 6.45) is 0. The van der Waals surface area contributed by atoms with E-state index in [0.717, 1.165) is 10.9 Å². The summed E-state index contributed by atoms with van der Waals surface area (Å²) in [5.74, 6) is 0. The number of sulfonamides is 1. The molecule has 114 valence electrons. The molecule has 0 spiro atoms. The third-order valence-corrected chi connectivity index (χ3v) is 6.05. The maximum atomic E-state index is 12.5. The Morgan fingerprint density at radius 1 is 0.952 bits per heavy atom. The highest BCUT2D eigenvalue weighted by Crippen LogP contribution is 2.20. The third-order valence-electron chi connectivity index (χ3n) is 3.65. The molecular weight excluding hydrogens is 282 g/mol. The van der Waals surface area contributed by atoms with E-state index in [1.807, 2.05) is 38.1 Å². The van der Waals surface area contributed by atoms with Crippen molar-refractivity contribution in [2.24, 2.45) is 0 Å². The smallest absolute Gasteiger partial charge is 0.212 e. The minimum Gasteiger partial charge on any atom is -0.212 e. The zero-order valence-electron chi connectivity index (χ0n) is 13.1. The quantitative estimate of drug-likeness (QED) is 0.843. The maximum Gasteiger partial charge on any atom is 0.216 e. The molecule has 21 heavy (non-hydrogen) atoms. The standard InChI is InChI=1S/C17H23NO2S/c1-13(2)18(21(19,20)14(3)4)12-15-9-10-16-7-5-6-8-17(16)11-15/h5-11,13-14H,12H2,1-4H3. The monoisotopic (exact) mass is 305 g/mol. The highest BCUT2D eigenvalue weighted by atomic mass is 32.2. The van der Waals surface area contributed by atoms with Crippen molar-refractivity contribution in [3.63, 3.8) is 0 Å². The van der Waals surface area contributed by atoms with Crippen LogP contribution in [0.5, 0.6) is 0 Å². The Balaban J connectivity index is 2.35. The highest BCUT2D eigenvalue weighted by Gasteiger charge is 2.28. The van der Waals surface area contributed by atoms with E-state index in [4.69, 9.17) is 0 Å². The molecule has 0 saturated heterocycles. The number of benzene rings is 2. The summed E-state index contributed by atoms with van der Waals surface area (Å²) in [5, 5.41) is 1.91. The van der Waals surface area contributed by atoms with Gasteiger partial charge in [-0.2, -0.15) is 4.31 Å². The van der Waals surface area contributed by atoms with E-state index in [1.54, 1.807) is 18.2 Å². The topological polar surface area (TPSA) is 37.4 Å². The van der Waals surface area contributed by atoms with Crippen LogP contribution in [0, 0.1) is 0 Å². The van der Waals surface area contributed by atoms with E-state index in [9.17, 15) is 8.42 Å². The molecule has 0 amide bonds. The number of fused-ring (bicyclic) bond motifs is 1. The minimum atomic E-state index is -3.26. The number of rotatable bonds is 5. The van der Waals surface area contributed by atoms with Crippen molar-refractivity contribution < 1.29 is 8.42 Å². The molecule has 0 radical (unpaired) electrons. The molecule has 0 saturated carbocycles. The number of hydrogen-bond acceptors (Lipinski definition) is 2. The average molecular weight is 305 g/mol. The van der Waals surface area contributed by atoms with E-state index in [-0.39, 0.29) is 6.04 Å². The van der Waals surface area contributed by atoms with Crippen LogP contribution in [-0.4, -0.2) is 24.0 Å². The molecule has 3 nitrogen and oxygen atoms in total. The molecule has 0 aromatic heterocycles. The zero-order valence-corrected chi connectivity index (χ0v) is 13.9. The summed E-state index contributed by atoms with van der Waals surface area (Å²) in [6.45, 7) is 7.71. The van der Waals surface area contributed by atoms with Crippen LogP contribution in [0.3, 0.4) is 0 Å². The Morgan fingerprint density at radius 3 is 2.14 bits per heavy atom. The molecule has 4 heteroatoms. The van der Waals surface area contributed by atoms with Crippen molar-refractivity contribution in [2.75, 3.05) is 0 Å². The lowest BCUT2D eigenvalue weighted by molar-refractivity contribution is 0.344. The van der Waals surface area contributed by atoms with Crippen LogP contribution in [0.4, 0.5) is 0 Å². The molecule has 0 fully saturated rings. The number of nitrogens with zero attached hydrogens (tertiary/aromatic N) is 1. The summed E-state index contributed by atoms with van der Waals surface area (Å²) < 4.78 is 26.5. The summed E-state index contributed by atoms with van der Waals surface area (Å²) in [5.41, 5.74) is 1.02. The largest absolute Gasteiger partial charge is 0.216 e. The Bertz CT molecular complexity index is 720. The van der Waals surface area contributed by atoms with Crippen LogP contribution < -0.4 is 0 Å². The maximum absolute atomic E-state index is 12.5. The molecule has 0 aliphatic heterocycles. The molecule has 2 aromatic carbocycles. The molecule has 0 heterocycles. The van der Waals surface area contributed by atoms with E-state index in [0.29, 0.717) is 6.54 Å². The van der Waals surface area contributed by atoms with Gasteiger partial charge in [0.2, 0.25) is 10.0 Å². The van der Waals surface area contributed by atoms with Gasteiger partial charge in [0.25, 0.3) is 0 Å². The summed E-state index contributed by atoms with van der Waals surface area (Å²) in [6, 6.07) is 14.2. The van der Waals surface area contributed by atoms with Crippen molar-refractivity contribution in [3.8, 4) is 0 Å². The average Bonchev–Trinajstić information content (AvgIpc) is 2.43. The molecule has 0 bridgehead atoms.